The molecule has 1 rings (SSSR count). The van der Waals surface area contributed by atoms with Gasteiger partial charge in [-0.1, -0.05) is 57.0 Å². The van der Waals surface area contributed by atoms with Gasteiger partial charge >= 0.3 is 0 Å². The van der Waals surface area contributed by atoms with E-state index in [9.17, 15) is 9.90 Å². The van der Waals surface area contributed by atoms with Gasteiger partial charge in [-0.2, -0.15) is 0 Å². The highest BCUT2D eigenvalue weighted by Crippen LogP contribution is 2.04. The number of quaternary nitrogens is 1. The molecule has 3 nitrogen and oxygen atoms in total. The van der Waals surface area contributed by atoms with E-state index in [0.29, 0.717) is 0 Å². The molecule has 1 aromatic carbocycles. The largest absolute Gasteiger partial charge is 0.545 e. The highest BCUT2D eigenvalue weighted by molar-refractivity contribution is 5.85. The van der Waals surface area contributed by atoms with Crippen LogP contribution in [0.4, 0.5) is 0 Å². The number of aromatic carboxylic acids is 1. The van der Waals surface area contributed by atoms with Crippen LogP contribution < -0.4 is 5.11 Å². The summed E-state index contributed by atoms with van der Waals surface area (Å²) < 4.78 is 1.21. The van der Waals surface area contributed by atoms with E-state index >= 15 is 0 Å². The Bertz CT molecular complexity index is 351. The van der Waals surface area contributed by atoms with E-state index < -0.39 is 5.97 Å². The van der Waals surface area contributed by atoms with Crippen molar-refractivity contribution in [3.8, 4) is 0 Å². The lowest BCUT2D eigenvalue weighted by molar-refractivity contribution is -0.890. The van der Waals surface area contributed by atoms with Crippen LogP contribution in [0.1, 0.15) is 49.9 Å². The van der Waals surface area contributed by atoms with Crippen LogP contribution in [0, 0.1) is 0 Å². The molecule has 20 heavy (non-hydrogen) atoms. The number of carboxylic acids is 1. The molecule has 0 aliphatic heterocycles. The van der Waals surface area contributed by atoms with Gasteiger partial charge in [-0.25, -0.2) is 0 Å². The molecule has 0 radical (unpaired) electrons. The van der Waals surface area contributed by atoms with Crippen molar-refractivity contribution in [2.45, 2.75) is 39.5 Å². The normalized spacial score (nSPS) is 10.6. The Morgan fingerprint density at radius 3 is 1.75 bits per heavy atom. The molecule has 0 aliphatic rings. The SMILES string of the molecule is CCCC[N+](C)(C)CCCC.O=C([O-])c1ccccc1. The predicted octanol–water partition coefficient (Wildman–Crippen LogP) is 2.71. The summed E-state index contributed by atoms with van der Waals surface area (Å²) in [7, 11) is 4.68. The molecule has 0 fully saturated rings. The fourth-order valence-electron chi connectivity index (χ4n) is 1.86. The fourth-order valence-corrected chi connectivity index (χ4v) is 1.86. The molecule has 3 heteroatoms. The molecule has 0 N–H and O–H groups in total. The van der Waals surface area contributed by atoms with Gasteiger partial charge in [0.15, 0.2) is 0 Å². The fraction of sp³-hybridized carbons (Fsp3) is 0.588. The van der Waals surface area contributed by atoms with Gasteiger partial charge in [-0.05, 0) is 18.4 Å². The smallest absolute Gasteiger partial charge is 0.0782 e. The van der Waals surface area contributed by atoms with Crippen molar-refractivity contribution in [3.63, 3.8) is 0 Å². The lowest BCUT2D eigenvalue weighted by Gasteiger charge is -2.29. The Labute approximate surface area is 123 Å². The van der Waals surface area contributed by atoms with Crippen molar-refractivity contribution >= 4 is 5.97 Å². The van der Waals surface area contributed by atoms with E-state index in [1.807, 2.05) is 0 Å². The van der Waals surface area contributed by atoms with Gasteiger partial charge in [-0.15, -0.1) is 0 Å². The van der Waals surface area contributed by atoms with Gasteiger partial charge < -0.3 is 14.4 Å². The maximum atomic E-state index is 10.1. The molecule has 0 unspecified atom stereocenters. The number of carbonyl (C=O) groups is 1. The minimum Gasteiger partial charge on any atom is -0.545 e. The second-order valence-corrected chi connectivity index (χ2v) is 5.74. The standard InChI is InChI=1S/C10H24N.C7H6O2/c1-5-7-9-11(3,4)10-8-6-2;8-7(9)6-4-2-1-3-5-6/h5-10H2,1-4H3;1-5H,(H,8,9)/q+1;/p-1. The van der Waals surface area contributed by atoms with E-state index in [2.05, 4.69) is 27.9 Å². The summed E-state index contributed by atoms with van der Waals surface area (Å²) in [5.74, 6) is -1.13. The zero-order chi connectivity index (χ0) is 15.4. The number of carboxylic acid groups (broad SMARTS) is 1. The Kier molecular flexibility index (Phi) is 9.73. The maximum absolute atomic E-state index is 10.1. The van der Waals surface area contributed by atoms with Crippen molar-refractivity contribution in [3.05, 3.63) is 35.9 Å². The molecule has 1 aromatic rings. The summed E-state index contributed by atoms with van der Waals surface area (Å²) in [6, 6.07) is 8.06. The lowest BCUT2D eigenvalue weighted by atomic mass is 10.2. The average Bonchev–Trinajstić information content (AvgIpc) is 2.45. The van der Waals surface area contributed by atoms with Gasteiger partial charge in [0.2, 0.25) is 0 Å². The third-order valence-electron chi connectivity index (χ3n) is 3.24. The third kappa shape index (κ3) is 9.56. The van der Waals surface area contributed by atoms with Crippen molar-refractivity contribution in [2.24, 2.45) is 0 Å². The average molecular weight is 279 g/mol. The molecule has 114 valence electrons. The summed E-state index contributed by atoms with van der Waals surface area (Å²) in [5.41, 5.74) is 0.220. The number of nitrogens with zero attached hydrogens (tertiary/aromatic N) is 1. The van der Waals surface area contributed by atoms with Crippen LogP contribution in [-0.2, 0) is 0 Å². The first kappa shape index (κ1) is 18.7. The number of rotatable bonds is 7. The van der Waals surface area contributed by atoms with Gasteiger partial charge in [0.25, 0.3) is 0 Å². The van der Waals surface area contributed by atoms with Crippen LogP contribution in [-0.4, -0.2) is 37.6 Å². The van der Waals surface area contributed by atoms with Crippen molar-refractivity contribution in [2.75, 3.05) is 27.2 Å². The first-order valence-corrected chi connectivity index (χ1v) is 7.51. The first-order valence-electron chi connectivity index (χ1n) is 7.51. The Balaban J connectivity index is 0.000000367. The Morgan fingerprint density at radius 2 is 1.45 bits per heavy atom. The Morgan fingerprint density at radius 1 is 1.00 bits per heavy atom. The van der Waals surface area contributed by atoms with Gasteiger partial charge in [-0.3, -0.25) is 0 Å². The molecular weight excluding hydrogens is 250 g/mol. The third-order valence-corrected chi connectivity index (χ3v) is 3.24. The number of hydrogen-bond acceptors (Lipinski definition) is 2. The second kappa shape index (κ2) is 10.4. The maximum Gasteiger partial charge on any atom is 0.0782 e. The summed E-state index contributed by atoms with van der Waals surface area (Å²) in [6.45, 7) is 7.21. The minimum absolute atomic E-state index is 0.220. The van der Waals surface area contributed by atoms with Crippen LogP contribution in [0.3, 0.4) is 0 Å². The van der Waals surface area contributed by atoms with Crippen LogP contribution >= 0.6 is 0 Å². The van der Waals surface area contributed by atoms with Gasteiger partial charge in [0.05, 0.1) is 33.2 Å². The zero-order valence-corrected chi connectivity index (χ0v) is 13.4. The molecule has 0 saturated heterocycles. The number of unbranched alkanes of at least 4 members (excludes halogenated alkanes) is 2. The van der Waals surface area contributed by atoms with E-state index in [0.717, 1.165) is 0 Å². The zero-order valence-electron chi connectivity index (χ0n) is 13.4. The molecule has 0 bridgehead atoms. The highest BCUT2D eigenvalue weighted by Gasteiger charge is 2.11. The summed E-state index contributed by atoms with van der Waals surface area (Å²) in [5, 5.41) is 10.1. The van der Waals surface area contributed by atoms with Gasteiger partial charge in [0.1, 0.15) is 0 Å². The molecule has 0 amide bonds. The van der Waals surface area contributed by atoms with E-state index in [-0.39, 0.29) is 5.56 Å². The number of hydrogen-bond donors (Lipinski definition) is 0. The first-order chi connectivity index (χ1) is 9.43. The number of benzene rings is 1. The highest BCUT2D eigenvalue weighted by atomic mass is 16.4. The van der Waals surface area contributed by atoms with Crippen molar-refractivity contribution in [1.82, 2.24) is 0 Å². The number of carbonyl (C=O) groups excluding carboxylic acids is 1. The van der Waals surface area contributed by atoms with E-state index in [4.69, 9.17) is 0 Å². The lowest BCUT2D eigenvalue weighted by Crippen LogP contribution is -2.41. The van der Waals surface area contributed by atoms with Crippen LogP contribution in [0.15, 0.2) is 30.3 Å². The quantitative estimate of drug-likeness (QED) is 0.720. The molecule has 0 heterocycles. The van der Waals surface area contributed by atoms with Crippen LogP contribution in [0.25, 0.3) is 0 Å². The van der Waals surface area contributed by atoms with E-state index in [1.165, 1.54) is 55.4 Å². The molecule has 0 saturated carbocycles. The van der Waals surface area contributed by atoms with Crippen molar-refractivity contribution in [1.29, 1.82) is 0 Å². The molecule has 0 aromatic heterocycles. The van der Waals surface area contributed by atoms with Crippen LogP contribution in [0.5, 0.6) is 0 Å². The predicted molar refractivity (Wildman–Crippen MR) is 82.4 cm³/mol. The van der Waals surface area contributed by atoms with Gasteiger partial charge in [0, 0.05) is 0 Å². The second-order valence-electron chi connectivity index (χ2n) is 5.74. The van der Waals surface area contributed by atoms with E-state index in [1.54, 1.807) is 18.2 Å². The monoisotopic (exact) mass is 279 g/mol. The molecule has 0 atom stereocenters. The van der Waals surface area contributed by atoms with Crippen molar-refractivity contribution < 1.29 is 14.4 Å². The van der Waals surface area contributed by atoms with Crippen LogP contribution in [0.2, 0.25) is 0 Å². The minimum atomic E-state index is -1.13. The Hall–Kier alpha value is -1.35. The molecular formula is C17H29NO2. The summed E-state index contributed by atoms with van der Waals surface area (Å²) >= 11 is 0. The topological polar surface area (TPSA) is 40.1 Å². The molecule has 0 spiro atoms. The molecule has 0 aliphatic carbocycles. The summed E-state index contributed by atoms with van der Waals surface area (Å²) in [6.07, 6.45) is 5.40. The summed E-state index contributed by atoms with van der Waals surface area (Å²) in [4.78, 5) is 10.1.